The second-order valence-corrected chi connectivity index (χ2v) is 7.18. The summed E-state index contributed by atoms with van der Waals surface area (Å²) < 4.78 is 29.9. The van der Waals surface area contributed by atoms with Crippen LogP contribution < -0.4 is 14.4 Å². The van der Waals surface area contributed by atoms with Crippen molar-refractivity contribution in [3.63, 3.8) is 0 Å². The molecule has 128 valence electrons. The monoisotopic (exact) mass is 348 g/mol. The van der Waals surface area contributed by atoms with E-state index in [1.807, 2.05) is 13.0 Å². The van der Waals surface area contributed by atoms with Crippen molar-refractivity contribution in [3.8, 4) is 5.75 Å². The van der Waals surface area contributed by atoms with Crippen LogP contribution in [0, 0.1) is 0 Å². The molecule has 0 saturated heterocycles. The minimum Gasteiger partial charge on any atom is -0.492 e. The highest BCUT2D eigenvalue weighted by molar-refractivity contribution is 7.92. The molecule has 0 aliphatic heterocycles. The summed E-state index contributed by atoms with van der Waals surface area (Å²) >= 11 is 0. The molecule has 0 fully saturated rings. The summed E-state index contributed by atoms with van der Waals surface area (Å²) in [5, 5.41) is 2.78. The molecule has 1 amide bonds. The third kappa shape index (κ3) is 4.26. The van der Waals surface area contributed by atoms with Gasteiger partial charge in [-0.25, -0.2) is 8.42 Å². The Labute approximate surface area is 142 Å². The molecule has 0 aliphatic carbocycles. The number of rotatable bonds is 6. The fourth-order valence-corrected chi connectivity index (χ4v) is 2.58. The number of sulfonamides is 1. The molecule has 0 aliphatic rings. The van der Waals surface area contributed by atoms with Gasteiger partial charge in [0.05, 0.1) is 24.2 Å². The number of benzene rings is 2. The van der Waals surface area contributed by atoms with E-state index in [2.05, 4.69) is 5.32 Å². The maximum atomic E-state index is 12.5. The van der Waals surface area contributed by atoms with Gasteiger partial charge in [-0.2, -0.15) is 0 Å². The highest BCUT2D eigenvalue weighted by Crippen LogP contribution is 2.25. The fourth-order valence-electron chi connectivity index (χ4n) is 2.08. The number of para-hydroxylation sites is 2. The first-order valence-electron chi connectivity index (χ1n) is 7.40. The number of nitrogens with zero attached hydrogens (tertiary/aromatic N) is 1. The molecule has 0 aromatic heterocycles. The van der Waals surface area contributed by atoms with Crippen molar-refractivity contribution in [2.45, 2.75) is 6.92 Å². The van der Waals surface area contributed by atoms with Gasteiger partial charge in [0.25, 0.3) is 5.91 Å². The topological polar surface area (TPSA) is 75.7 Å². The Morgan fingerprint density at radius 2 is 1.88 bits per heavy atom. The number of hydrogen-bond acceptors (Lipinski definition) is 4. The van der Waals surface area contributed by atoms with E-state index >= 15 is 0 Å². The molecule has 2 aromatic carbocycles. The predicted octanol–water partition coefficient (Wildman–Crippen LogP) is 2.73. The molecule has 2 rings (SSSR count). The highest BCUT2D eigenvalue weighted by Gasteiger charge is 2.15. The van der Waals surface area contributed by atoms with Crippen molar-refractivity contribution in [1.29, 1.82) is 0 Å². The van der Waals surface area contributed by atoms with Crippen molar-refractivity contribution in [3.05, 3.63) is 54.1 Å². The summed E-state index contributed by atoms with van der Waals surface area (Å²) in [4.78, 5) is 12.5. The standard InChI is InChI=1S/C17H20N2O4S/c1-4-23-16-11-6-5-10-15(16)18-17(20)13-8-7-9-14(12-13)19(2)24(3,21)22/h5-12H,4H2,1-3H3,(H,18,20). The lowest BCUT2D eigenvalue weighted by Gasteiger charge is -2.17. The summed E-state index contributed by atoms with van der Waals surface area (Å²) in [6, 6.07) is 13.6. The van der Waals surface area contributed by atoms with Crippen molar-refractivity contribution < 1.29 is 17.9 Å². The van der Waals surface area contributed by atoms with Crippen molar-refractivity contribution in [1.82, 2.24) is 0 Å². The Hall–Kier alpha value is -2.54. The molecular formula is C17H20N2O4S. The van der Waals surface area contributed by atoms with Crippen LogP contribution in [0.25, 0.3) is 0 Å². The van der Waals surface area contributed by atoms with Gasteiger partial charge < -0.3 is 10.1 Å². The van der Waals surface area contributed by atoms with E-state index in [0.717, 1.165) is 10.6 Å². The van der Waals surface area contributed by atoms with Crippen molar-refractivity contribution in [2.75, 3.05) is 29.5 Å². The van der Waals surface area contributed by atoms with Crippen LogP contribution >= 0.6 is 0 Å². The van der Waals surface area contributed by atoms with Gasteiger partial charge in [0.2, 0.25) is 10.0 Å². The largest absolute Gasteiger partial charge is 0.492 e. The van der Waals surface area contributed by atoms with E-state index < -0.39 is 10.0 Å². The van der Waals surface area contributed by atoms with Gasteiger partial charge in [-0.3, -0.25) is 9.10 Å². The summed E-state index contributed by atoms with van der Waals surface area (Å²) in [6.45, 7) is 2.35. The van der Waals surface area contributed by atoms with Gasteiger partial charge in [0.1, 0.15) is 5.75 Å². The lowest BCUT2D eigenvalue weighted by atomic mass is 10.2. The molecule has 24 heavy (non-hydrogen) atoms. The molecule has 0 radical (unpaired) electrons. The second kappa shape index (κ2) is 7.35. The number of ether oxygens (including phenoxy) is 1. The summed E-state index contributed by atoms with van der Waals surface area (Å²) in [7, 11) is -1.95. The summed E-state index contributed by atoms with van der Waals surface area (Å²) in [5.74, 6) is 0.240. The average molecular weight is 348 g/mol. The van der Waals surface area contributed by atoms with E-state index in [9.17, 15) is 13.2 Å². The minimum atomic E-state index is -3.39. The van der Waals surface area contributed by atoms with Crippen LogP contribution in [0.1, 0.15) is 17.3 Å². The summed E-state index contributed by atoms with van der Waals surface area (Å²) in [5.41, 5.74) is 1.34. The van der Waals surface area contributed by atoms with Gasteiger partial charge in [0, 0.05) is 12.6 Å². The number of anilines is 2. The van der Waals surface area contributed by atoms with E-state index in [-0.39, 0.29) is 5.91 Å². The molecule has 2 aromatic rings. The maximum Gasteiger partial charge on any atom is 0.255 e. The first-order chi connectivity index (χ1) is 11.3. The zero-order valence-electron chi connectivity index (χ0n) is 13.8. The molecular weight excluding hydrogens is 328 g/mol. The van der Waals surface area contributed by atoms with Gasteiger partial charge in [-0.05, 0) is 37.3 Å². The normalized spacial score (nSPS) is 11.0. The van der Waals surface area contributed by atoms with E-state index in [0.29, 0.717) is 29.3 Å². The molecule has 0 atom stereocenters. The van der Waals surface area contributed by atoms with Crippen LogP contribution in [0.15, 0.2) is 48.5 Å². The van der Waals surface area contributed by atoms with Crippen LogP contribution in [-0.2, 0) is 10.0 Å². The van der Waals surface area contributed by atoms with E-state index in [1.165, 1.54) is 13.1 Å². The van der Waals surface area contributed by atoms with E-state index in [1.54, 1.807) is 36.4 Å². The number of nitrogens with one attached hydrogen (secondary N) is 1. The zero-order chi connectivity index (χ0) is 17.7. The first kappa shape index (κ1) is 17.8. The average Bonchev–Trinajstić information content (AvgIpc) is 2.55. The second-order valence-electron chi connectivity index (χ2n) is 5.16. The molecule has 7 heteroatoms. The van der Waals surface area contributed by atoms with Gasteiger partial charge in [0.15, 0.2) is 0 Å². The van der Waals surface area contributed by atoms with Crippen LogP contribution in [0.4, 0.5) is 11.4 Å². The third-order valence-electron chi connectivity index (χ3n) is 3.40. The number of carbonyl (C=O) groups is 1. The molecule has 6 nitrogen and oxygen atoms in total. The van der Waals surface area contributed by atoms with Crippen molar-refractivity contribution >= 4 is 27.3 Å². The fraction of sp³-hybridized carbons (Fsp3) is 0.235. The van der Waals surface area contributed by atoms with E-state index in [4.69, 9.17) is 4.74 Å². The minimum absolute atomic E-state index is 0.342. The lowest BCUT2D eigenvalue weighted by Crippen LogP contribution is -2.25. The Balaban J connectivity index is 2.25. The quantitative estimate of drug-likeness (QED) is 0.871. The number of hydrogen-bond donors (Lipinski definition) is 1. The van der Waals surface area contributed by atoms with Gasteiger partial charge in [-0.15, -0.1) is 0 Å². The Morgan fingerprint density at radius 3 is 2.54 bits per heavy atom. The third-order valence-corrected chi connectivity index (χ3v) is 4.61. The Bertz CT molecular complexity index is 834. The SMILES string of the molecule is CCOc1ccccc1NC(=O)c1cccc(N(C)S(C)(=O)=O)c1. The maximum absolute atomic E-state index is 12.5. The molecule has 0 bridgehead atoms. The number of amides is 1. The Kier molecular flexibility index (Phi) is 5.46. The Morgan fingerprint density at radius 1 is 1.17 bits per heavy atom. The zero-order valence-corrected chi connectivity index (χ0v) is 14.6. The van der Waals surface area contributed by atoms with Crippen molar-refractivity contribution in [2.24, 2.45) is 0 Å². The van der Waals surface area contributed by atoms with Crippen LogP contribution in [-0.4, -0.2) is 34.2 Å². The van der Waals surface area contributed by atoms with Gasteiger partial charge in [-0.1, -0.05) is 18.2 Å². The first-order valence-corrected chi connectivity index (χ1v) is 9.25. The predicted molar refractivity (Wildman–Crippen MR) is 95.3 cm³/mol. The highest BCUT2D eigenvalue weighted by atomic mass is 32.2. The van der Waals surface area contributed by atoms with Gasteiger partial charge >= 0.3 is 0 Å². The van der Waals surface area contributed by atoms with Crippen LogP contribution in [0.5, 0.6) is 5.75 Å². The molecule has 0 spiro atoms. The summed E-state index contributed by atoms with van der Waals surface area (Å²) in [6.07, 6.45) is 1.11. The van der Waals surface area contributed by atoms with Crippen LogP contribution in [0.3, 0.4) is 0 Å². The number of carbonyl (C=O) groups excluding carboxylic acids is 1. The molecule has 0 unspecified atom stereocenters. The molecule has 0 saturated carbocycles. The molecule has 1 N–H and O–H groups in total. The molecule has 0 heterocycles. The lowest BCUT2D eigenvalue weighted by molar-refractivity contribution is 0.102. The smallest absolute Gasteiger partial charge is 0.255 e. The van der Waals surface area contributed by atoms with Crippen LogP contribution in [0.2, 0.25) is 0 Å².